The molecule has 4 nitrogen and oxygen atoms in total. The molecule has 0 aliphatic carbocycles. The number of aryl methyl sites for hydroxylation is 1. The van der Waals surface area contributed by atoms with Crippen molar-refractivity contribution in [2.75, 3.05) is 18.5 Å². The molecule has 2 aromatic rings. The number of rotatable bonds is 4. The maximum Gasteiger partial charge on any atom is 0.156 e. The number of nitrogens with one attached hydrogen (secondary N) is 1. The molecule has 0 amide bonds. The van der Waals surface area contributed by atoms with Gasteiger partial charge in [-0.15, -0.1) is 5.10 Å². The number of hydrogen-bond acceptors (Lipinski definition) is 4. The van der Waals surface area contributed by atoms with E-state index in [0.29, 0.717) is 6.54 Å². The molecule has 90 valence electrons. The summed E-state index contributed by atoms with van der Waals surface area (Å²) < 4.78 is 0. The van der Waals surface area contributed by atoms with Crippen LogP contribution in [0.3, 0.4) is 0 Å². The van der Waals surface area contributed by atoms with Crippen molar-refractivity contribution in [3.63, 3.8) is 0 Å². The quantitative estimate of drug-likeness (QED) is 0.844. The largest absolute Gasteiger partial charge is 0.396 e. The Bertz CT molecular complexity index is 513. The van der Waals surface area contributed by atoms with Crippen molar-refractivity contribution in [1.29, 1.82) is 0 Å². The van der Waals surface area contributed by atoms with Gasteiger partial charge in [0.05, 0.1) is 5.69 Å². The van der Waals surface area contributed by atoms with E-state index in [1.165, 1.54) is 0 Å². The van der Waals surface area contributed by atoms with Crippen molar-refractivity contribution < 1.29 is 5.11 Å². The molecule has 0 saturated carbocycles. The predicted molar refractivity (Wildman–Crippen MR) is 69.0 cm³/mol. The lowest BCUT2D eigenvalue weighted by Crippen LogP contribution is -2.15. The second-order valence-electron chi connectivity index (χ2n) is 4.35. The zero-order valence-corrected chi connectivity index (χ0v) is 10.1. The Morgan fingerprint density at radius 2 is 1.94 bits per heavy atom. The van der Waals surface area contributed by atoms with Crippen molar-refractivity contribution in [2.24, 2.45) is 5.92 Å². The van der Waals surface area contributed by atoms with Crippen molar-refractivity contribution >= 4 is 16.6 Å². The number of aliphatic hydroxyl groups excluding tert-OH is 1. The van der Waals surface area contributed by atoms with Gasteiger partial charge in [-0.25, -0.2) is 0 Å². The van der Waals surface area contributed by atoms with Crippen LogP contribution < -0.4 is 5.32 Å². The highest BCUT2D eigenvalue weighted by atomic mass is 16.3. The van der Waals surface area contributed by atoms with Crippen molar-refractivity contribution in [1.82, 2.24) is 10.2 Å². The van der Waals surface area contributed by atoms with Crippen molar-refractivity contribution in [3.8, 4) is 0 Å². The normalized spacial score (nSPS) is 12.6. The molecule has 4 heteroatoms. The standard InChI is InChI=1S/C13H17N3O/c1-9(8-17)7-14-13-12-6-4-3-5-11(12)10(2)15-16-13/h3-6,9,17H,7-8H2,1-2H3,(H,14,16). The summed E-state index contributed by atoms with van der Waals surface area (Å²) in [6.45, 7) is 4.80. The second kappa shape index (κ2) is 5.10. The van der Waals surface area contributed by atoms with Crippen LogP contribution in [0.1, 0.15) is 12.6 Å². The third-order valence-corrected chi connectivity index (χ3v) is 2.80. The molecule has 2 rings (SSSR count). The van der Waals surface area contributed by atoms with E-state index >= 15 is 0 Å². The Balaban J connectivity index is 2.32. The average molecular weight is 231 g/mol. The molecule has 1 aromatic carbocycles. The fourth-order valence-corrected chi connectivity index (χ4v) is 1.70. The minimum absolute atomic E-state index is 0.171. The molecule has 2 N–H and O–H groups in total. The number of benzene rings is 1. The molecule has 1 aromatic heterocycles. The third-order valence-electron chi connectivity index (χ3n) is 2.80. The lowest BCUT2D eigenvalue weighted by atomic mass is 10.1. The molecular weight excluding hydrogens is 214 g/mol. The lowest BCUT2D eigenvalue weighted by molar-refractivity contribution is 0.244. The molecule has 0 aliphatic heterocycles. The summed E-state index contributed by atoms with van der Waals surface area (Å²) in [4.78, 5) is 0. The van der Waals surface area contributed by atoms with Gasteiger partial charge in [0, 0.05) is 23.9 Å². The van der Waals surface area contributed by atoms with Crippen LogP contribution in [0.4, 0.5) is 5.82 Å². The van der Waals surface area contributed by atoms with Crippen LogP contribution in [-0.2, 0) is 0 Å². The molecule has 0 spiro atoms. The second-order valence-corrected chi connectivity index (χ2v) is 4.35. The highest BCUT2D eigenvalue weighted by Crippen LogP contribution is 2.22. The summed E-state index contributed by atoms with van der Waals surface area (Å²) in [7, 11) is 0. The van der Waals surface area contributed by atoms with Gasteiger partial charge < -0.3 is 10.4 Å². The van der Waals surface area contributed by atoms with Gasteiger partial charge in [-0.1, -0.05) is 31.2 Å². The van der Waals surface area contributed by atoms with Gasteiger partial charge >= 0.3 is 0 Å². The summed E-state index contributed by atoms with van der Waals surface area (Å²) in [5.41, 5.74) is 0.932. The van der Waals surface area contributed by atoms with Crippen LogP contribution in [0, 0.1) is 12.8 Å². The van der Waals surface area contributed by atoms with Gasteiger partial charge in [-0.3, -0.25) is 0 Å². The first-order valence-electron chi connectivity index (χ1n) is 5.79. The SMILES string of the molecule is Cc1nnc(NCC(C)CO)c2ccccc12. The first-order valence-corrected chi connectivity index (χ1v) is 5.79. The topological polar surface area (TPSA) is 58.0 Å². The van der Waals surface area contributed by atoms with Gasteiger partial charge in [0.1, 0.15) is 0 Å². The summed E-state index contributed by atoms with van der Waals surface area (Å²) in [5, 5.41) is 22.7. The number of hydrogen-bond donors (Lipinski definition) is 2. The van der Waals surface area contributed by atoms with Gasteiger partial charge in [0.2, 0.25) is 0 Å². The molecular formula is C13H17N3O. The summed E-state index contributed by atoms with van der Waals surface area (Å²) >= 11 is 0. The van der Waals surface area contributed by atoms with E-state index in [-0.39, 0.29) is 12.5 Å². The molecule has 0 aliphatic rings. The average Bonchev–Trinajstić information content (AvgIpc) is 2.38. The number of aliphatic hydroxyl groups is 1. The Hall–Kier alpha value is -1.68. The van der Waals surface area contributed by atoms with E-state index in [0.717, 1.165) is 22.3 Å². The van der Waals surface area contributed by atoms with Gasteiger partial charge in [0.25, 0.3) is 0 Å². The molecule has 0 fully saturated rings. The Morgan fingerprint density at radius 1 is 1.24 bits per heavy atom. The van der Waals surface area contributed by atoms with E-state index in [4.69, 9.17) is 5.11 Å². The molecule has 1 atom stereocenters. The zero-order valence-electron chi connectivity index (χ0n) is 10.1. The fourth-order valence-electron chi connectivity index (χ4n) is 1.70. The summed E-state index contributed by atoms with van der Waals surface area (Å²) in [6, 6.07) is 8.06. The minimum atomic E-state index is 0.171. The third kappa shape index (κ3) is 2.53. The monoisotopic (exact) mass is 231 g/mol. The number of nitrogens with zero attached hydrogens (tertiary/aromatic N) is 2. The van der Waals surface area contributed by atoms with Gasteiger partial charge in [-0.2, -0.15) is 5.10 Å². The van der Waals surface area contributed by atoms with E-state index in [2.05, 4.69) is 15.5 Å². The maximum atomic E-state index is 8.99. The molecule has 0 saturated heterocycles. The molecule has 1 heterocycles. The number of aromatic nitrogens is 2. The van der Waals surface area contributed by atoms with E-state index < -0.39 is 0 Å². The predicted octanol–water partition coefficient (Wildman–Crippen LogP) is 1.98. The van der Waals surface area contributed by atoms with Crippen LogP contribution >= 0.6 is 0 Å². The molecule has 0 radical (unpaired) electrons. The Labute approximate surface area is 101 Å². The van der Waals surface area contributed by atoms with Gasteiger partial charge in [0.15, 0.2) is 5.82 Å². The van der Waals surface area contributed by atoms with Crippen LogP contribution in [-0.4, -0.2) is 28.5 Å². The van der Waals surface area contributed by atoms with E-state index in [1.807, 2.05) is 38.1 Å². The minimum Gasteiger partial charge on any atom is -0.396 e. The summed E-state index contributed by atoms with van der Waals surface area (Å²) in [5.74, 6) is 0.989. The maximum absolute atomic E-state index is 8.99. The van der Waals surface area contributed by atoms with Crippen LogP contribution in [0.5, 0.6) is 0 Å². The smallest absolute Gasteiger partial charge is 0.156 e. The molecule has 1 unspecified atom stereocenters. The van der Waals surface area contributed by atoms with Crippen LogP contribution in [0.25, 0.3) is 10.8 Å². The molecule has 17 heavy (non-hydrogen) atoms. The van der Waals surface area contributed by atoms with Crippen LogP contribution in [0.2, 0.25) is 0 Å². The van der Waals surface area contributed by atoms with Crippen LogP contribution in [0.15, 0.2) is 24.3 Å². The van der Waals surface area contributed by atoms with Crippen molar-refractivity contribution in [2.45, 2.75) is 13.8 Å². The zero-order chi connectivity index (χ0) is 12.3. The molecule has 0 bridgehead atoms. The number of fused-ring (bicyclic) bond motifs is 1. The Kier molecular flexibility index (Phi) is 3.54. The van der Waals surface area contributed by atoms with Gasteiger partial charge in [-0.05, 0) is 12.8 Å². The first kappa shape index (κ1) is 11.8. The van der Waals surface area contributed by atoms with E-state index in [1.54, 1.807) is 0 Å². The number of anilines is 1. The lowest BCUT2D eigenvalue weighted by Gasteiger charge is -2.12. The summed E-state index contributed by atoms with van der Waals surface area (Å²) in [6.07, 6.45) is 0. The highest BCUT2D eigenvalue weighted by Gasteiger charge is 2.07. The van der Waals surface area contributed by atoms with Crippen molar-refractivity contribution in [3.05, 3.63) is 30.0 Å². The van der Waals surface area contributed by atoms with E-state index in [9.17, 15) is 0 Å². The first-order chi connectivity index (χ1) is 8.22. The Morgan fingerprint density at radius 3 is 2.65 bits per heavy atom. The highest BCUT2D eigenvalue weighted by molar-refractivity contribution is 5.92. The fraction of sp³-hybridized carbons (Fsp3) is 0.385.